The van der Waals surface area contributed by atoms with E-state index in [0.29, 0.717) is 0 Å². The predicted octanol–water partition coefficient (Wildman–Crippen LogP) is 3.71. The number of carbonyl (C=O) groups excluding carboxylic acids is 1. The van der Waals surface area contributed by atoms with Gasteiger partial charge in [-0.2, -0.15) is 0 Å². The third kappa shape index (κ3) is 4.26. The molecular formula is C15H18FN3OS. The van der Waals surface area contributed by atoms with Gasteiger partial charge in [0, 0.05) is 11.1 Å². The van der Waals surface area contributed by atoms with E-state index in [0.717, 1.165) is 16.3 Å². The number of carbonyl (C=O) groups is 1. The molecule has 0 saturated heterocycles. The average Bonchev–Trinajstić information content (AvgIpc) is 2.86. The summed E-state index contributed by atoms with van der Waals surface area (Å²) >= 11 is 1.52. The maximum absolute atomic E-state index is 12.9. The number of rotatable bonds is 4. The first-order valence-electron chi connectivity index (χ1n) is 6.70. The first kappa shape index (κ1) is 15.4. The minimum atomic E-state index is -0.289. The van der Waals surface area contributed by atoms with Crippen LogP contribution in [0, 0.1) is 12.7 Å². The van der Waals surface area contributed by atoms with Crippen molar-refractivity contribution in [1.82, 2.24) is 15.6 Å². The first-order valence-corrected chi connectivity index (χ1v) is 7.58. The van der Waals surface area contributed by atoms with Crippen molar-refractivity contribution in [2.75, 3.05) is 0 Å². The Kier molecular flexibility index (Phi) is 4.90. The monoisotopic (exact) mass is 307 g/mol. The number of amides is 2. The molecule has 1 aromatic heterocycles. The number of hydrogen-bond acceptors (Lipinski definition) is 3. The van der Waals surface area contributed by atoms with Crippen LogP contribution in [0.4, 0.5) is 9.18 Å². The molecule has 2 aromatic rings. The van der Waals surface area contributed by atoms with Crippen molar-refractivity contribution in [3.8, 4) is 0 Å². The van der Waals surface area contributed by atoms with Crippen molar-refractivity contribution in [2.24, 2.45) is 0 Å². The predicted molar refractivity (Wildman–Crippen MR) is 81.7 cm³/mol. The Hall–Kier alpha value is -1.95. The molecule has 0 aliphatic heterocycles. The van der Waals surface area contributed by atoms with Gasteiger partial charge in [-0.05, 0) is 38.5 Å². The van der Waals surface area contributed by atoms with Crippen LogP contribution in [-0.2, 0) is 0 Å². The smallest absolute Gasteiger partial charge is 0.315 e. The molecular weight excluding hydrogens is 289 g/mol. The standard InChI is InChI=1S/C15H18FN3OS/c1-9-8-21-14(17-9)11(3)19-15(20)18-10(2)12-4-6-13(16)7-5-12/h4-8,10-11H,1-3H3,(H2,18,19,20)/t10-,11-/m1/s1. The quantitative estimate of drug-likeness (QED) is 0.904. The Morgan fingerprint density at radius 1 is 1.19 bits per heavy atom. The van der Waals surface area contributed by atoms with E-state index in [9.17, 15) is 9.18 Å². The molecule has 2 amide bonds. The summed E-state index contributed by atoms with van der Waals surface area (Å²) in [5.74, 6) is -0.289. The van der Waals surface area contributed by atoms with Crippen LogP contribution in [0.1, 0.15) is 42.2 Å². The molecule has 0 radical (unpaired) electrons. The zero-order chi connectivity index (χ0) is 15.4. The fourth-order valence-corrected chi connectivity index (χ4v) is 2.71. The van der Waals surface area contributed by atoms with Gasteiger partial charge in [-0.1, -0.05) is 12.1 Å². The van der Waals surface area contributed by atoms with Crippen LogP contribution in [-0.4, -0.2) is 11.0 Å². The van der Waals surface area contributed by atoms with E-state index in [1.54, 1.807) is 12.1 Å². The molecule has 0 aliphatic carbocycles. The lowest BCUT2D eigenvalue weighted by molar-refractivity contribution is 0.235. The topological polar surface area (TPSA) is 54.0 Å². The molecule has 1 aromatic carbocycles. The van der Waals surface area contributed by atoms with Crippen LogP contribution in [0.5, 0.6) is 0 Å². The van der Waals surface area contributed by atoms with Crippen molar-refractivity contribution in [2.45, 2.75) is 32.9 Å². The molecule has 21 heavy (non-hydrogen) atoms. The fraction of sp³-hybridized carbons (Fsp3) is 0.333. The van der Waals surface area contributed by atoms with Gasteiger partial charge in [-0.3, -0.25) is 0 Å². The lowest BCUT2D eigenvalue weighted by atomic mass is 10.1. The minimum absolute atomic E-state index is 0.149. The molecule has 2 atom stereocenters. The van der Waals surface area contributed by atoms with Crippen molar-refractivity contribution in [3.05, 3.63) is 51.7 Å². The van der Waals surface area contributed by atoms with Crippen molar-refractivity contribution >= 4 is 17.4 Å². The van der Waals surface area contributed by atoms with Crippen LogP contribution < -0.4 is 10.6 Å². The maximum Gasteiger partial charge on any atom is 0.315 e. The van der Waals surface area contributed by atoms with E-state index in [1.165, 1.54) is 23.5 Å². The zero-order valence-corrected chi connectivity index (χ0v) is 13.0. The number of aromatic nitrogens is 1. The van der Waals surface area contributed by atoms with Crippen molar-refractivity contribution in [3.63, 3.8) is 0 Å². The number of benzene rings is 1. The van der Waals surface area contributed by atoms with E-state index < -0.39 is 0 Å². The van der Waals surface area contributed by atoms with Crippen LogP contribution in [0.25, 0.3) is 0 Å². The summed E-state index contributed by atoms with van der Waals surface area (Å²) in [6, 6.07) is 5.47. The first-order chi connectivity index (χ1) is 9.95. The number of urea groups is 1. The highest BCUT2D eigenvalue weighted by molar-refractivity contribution is 7.09. The molecule has 0 unspecified atom stereocenters. The van der Waals surface area contributed by atoms with Crippen LogP contribution in [0.2, 0.25) is 0 Å². The van der Waals surface area contributed by atoms with Crippen LogP contribution >= 0.6 is 11.3 Å². The van der Waals surface area contributed by atoms with E-state index in [-0.39, 0.29) is 23.9 Å². The van der Waals surface area contributed by atoms with Gasteiger partial charge in [0.2, 0.25) is 0 Å². The van der Waals surface area contributed by atoms with E-state index in [1.807, 2.05) is 26.2 Å². The number of halogens is 1. The van der Waals surface area contributed by atoms with Gasteiger partial charge in [0.05, 0.1) is 12.1 Å². The molecule has 112 valence electrons. The lowest BCUT2D eigenvalue weighted by Gasteiger charge is -2.17. The molecule has 4 nitrogen and oxygen atoms in total. The summed E-state index contributed by atoms with van der Waals surface area (Å²) in [6.07, 6.45) is 0. The molecule has 0 fully saturated rings. The van der Waals surface area contributed by atoms with Gasteiger partial charge < -0.3 is 10.6 Å². The second-order valence-electron chi connectivity index (χ2n) is 4.94. The maximum atomic E-state index is 12.9. The highest BCUT2D eigenvalue weighted by atomic mass is 32.1. The summed E-state index contributed by atoms with van der Waals surface area (Å²) < 4.78 is 12.9. The molecule has 1 heterocycles. The normalized spacial score (nSPS) is 13.5. The second kappa shape index (κ2) is 6.67. The van der Waals surface area contributed by atoms with Crippen LogP contribution in [0.15, 0.2) is 29.6 Å². The van der Waals surface area contributed by atoms with E-state index in [4.69, 9.17) is 0 Å². The zero-order valence-electron chi connectivity index (χ0n) is 12.2. The van der Waals surface area contributed by atoms with Crippen molar-refractivity contribution in [1.29, 1.82) is 0 Å². The number of thiazole rings is 1. The molecule has 0 bridgehead atoms. The van der Waals surface area contributed by atoms with Crippen molar-refractivity contribution < 1.29 is 9.18 Å². The highest BCUT2D eigenvalue weighted by Crippen LogP contribution is 2.18. The molecule has 2 rings (SSSR count). The van der Waals surface area contributed by atoms with Gasteiger partial charge in [-0.15, -0.1) is 11.3 Å². The molecule has 2 N–H and O–H groups in total. The number of nitrogens with one attached hydrogen (secondary N) is 2. The van der Waals surface area contributed by atoms with Gasteiger partial charge >= 0.3 is 6.03 Å². The molecule has 6 heteroatoms. The lowest BCUT2D eigenvalue weighted by Crippen LogP contribution is -2.38. The number of hydrogen-bond donors (Lipinski definition) is 2. The minimum Gasteiger partial charge on any atom is -0.332 e. The Balaban J connectivity index is 1.90. The summed E-state index contributed by atoms with van der Waals surface area (Å²) in [7, 11) is 0. The SMILES string of the molecule is Cc1csc([C@@H](C)NC(=O)N[C@H](C)c2ccc(F)cc2)n1. The third-order valence-electron chi connectivity index (χ3n) is 3.07. The number of nitrogens with zero attached hydrogens (tertiary/aromatic N) is 1. The number of aryl methyl sites for hydroxylation is 1. The van der Waals surface area contributed by atoms with E-state index >= 15 is 0 Å². The Labute approximate surface area is 127 Å². The average molecular weight is 307 g/mol. The Morgan fingerprint density at radius 2 is 1.81 bits per heavy atom. The van der Waals surface area contributed by atoms with Gasteiger partial charge in [0.25, 0.3) is 0 Å². The summed E-state index contributed by atoms with van der Waals surface area (Å²) in [5.41, 5.74) is 1.80. The molecule has 0 spiro atoms. The second-order valence-corrected chi connectivity index (χ2v) is 5.83. The Morgan fingerprint density at radius 3 is 2.38 bits per heavy atom. The third-order valence-corrected chi connectivity index (χ3v) is 4.22. The van der Waals surface area contributed by atoms with Crippen LogP contribution in [0.3, 0.4) is 0 Å². The Bertz CT molecular complexity index is 612. The molecule has 0 aliphatic rings. The fourth-order valence-electron chi connectivity index (χ4n) is 1.90. The molecule has 0 saturated carbocycles. The highest BCUT2D eigenvalue weighted by Gasteiger charge is 2.14. The van der Waals surface area contributed by atoms with Gasteiger partial charge in [0.15, 0.2) is 0 Å². The largest absolute Gasteiger partial charge is 0.332 e. The van der Waals surface area contributed by atoms with Gasteiger partial charge in [0.1, 0.15) is 10.8 Å². The van der Waals surface area contributed by atoms with Gasteiger partial charge in [-0.25, -0.2) is 14.2 Å². The van der Waals surface area contributed by atoms with E-state index in [2.05, 4.69) is 15.6 Å². The summed E-state index contributed by atoms with van der Waals surface area (Å²) in [6.45, 7) is 5.66. The summed E-state index contributed by atoms with van der Waals surface area (Å²) in [4.78, 5) is 16.3. The summed E-state index contributed by atoms with van der Waals surface area (Å²) in [5, 5.41) is 8.50.